The normalized spacial score (nSPS) is 12.4. The van der Waals surface area contributed by atoms with Crippen LogP contribution in [0.15, 0.2) is 186 Å². The van der Waals surface area contributed by atoms with Crippen molar-refractivity contribution in [3.63, 3.8) is 0 Å². The number of fused-ring (bicyclic) bond motifs is 7. The summed E-state index contributed by atoms with van der Waals surface area (Å²) in [5, 5.41) is 10.6. The van der Waals surface area contributed by atoms with Crippen molar-refractivity contribution in [2.75, 3.05) is 23.1 Å². The number of ether oxygens (including phenoxy) is 1. The van der Waals surface area contributed by atoms with Crippen molar-refractivity contribution in [3.8, 4) is 5.75 Å². The van der Waals surface area contributed by atoms with E-state index in [1.807, 2.05) is 91.0 Å². The first-order valence-electron chi connectivity index (χ1n) is 18.4. The molecule has 0 bridgehead atoms. The number of thiazole rings is 1. The van der Waals surface area contributed by atoms with Crippen LogP contribution in [0, 0.1) is 0 Å². The Bertz CT molecular complexity index is 2900. The first-order chi connectivity index (χ1) is 29.0. The molecule has 11 rings (SSSR count). The highest BCUT2D eigenvalue weighted by molar-refractivity contribution is 8.00. The number of rotatable bonds is 1. The van der Waals surface area contributed by atoms with Gasteiger partial charge in [-0.05, 0) is 97.1 Å². The van der Waals surface area contributed by atoms with E-state index in [1.165, 1.54) is 48.7 Å². The minimum absolute atomic E-state index is 0.103. The molecular formula is C46H34ClF3N4O2S4. The molecule has 60 heavy (non-hydrogen) atoms. The Morgan fingerprint density at radius 2 is 1.00 bits per heavy atom. The maximum absolute atomic E-state index is 12.6. The molecule has 7 aromatic carbocycles. The highest BCUT2D eigenvalue weighted by Gasteiger charge is 2.31. The van der Waals surface area contributed by atoms with Gasteiger partial charge in [0.25, 0.3) is 0 Å². The number of anilines is 6. The summed E-state index contributed by atoms with van der Waals surface area (Å²) in [6.07, 6.45) is -4.31. The molecule has 0 atom stereocenters. The summed E-state index contributed by atoms with van der Waals surface area (Å²) in [7, 11) is 3.48. The van der Waals surface area contributed by atoms with E-state index >= 15 is 0 Å². The number of hydrogen-bond donors (Lipinski definition) is 3. The first kappa shape index (κ1) is 41.3. The van der Waals surface area contributed by atoms with E-state index in [9.17, 15) is 18.0 Å². The second kappa shape index (κ2) is 18.0. The summed E-state index contributed by atoms with van der Waals surface area (Å²) in [6.45, 7) is 0. The standard InChI is InChI=1S/C13H8F3NS.C13H11NOS.C12H8ClNS.C8H7NOS/c14-13(15,16)8-5-6-12-10(7-8)17-9-3-1-2-4-11(9)18-12;1-15-9-6-7-13-11(8-9)14-10-4-2-3-5-12(10)16-13;13-8-5-6-12-10(7-8)14-9-3-1-2-4-11(9)15-12;1-9-6-4-2-3-5-7(6)11-8(9)10/h1-7,17H;2-8,14H,1H3;1-7,14H;2-5H,1H3. The monoisotopic (exact) mass is 894 g/mol. The smallest absolute Gasteiger partial charge is 0.416 e. The lowest BCUT2D eigenvalue weighted by Gasteiger charge is -2.21. The minimum atomic E-state index is -4.31. The molecule has 0 radical (unpaired) electrons. The third kappa shape index (κ3) is 9.46. The van der Waals surface area contributed by atoms with Crippen LogP contribution in [0.4, 0.5) is 47.3 Å². The Morgan fingerprint density at radius 3 is 1.53 bits per heavy atom. The molecule has 0 aliphatic carbocycles. The van der Waals surface area contributed by atoms with Crippen molar-refractivity contribution in [1.29, 1.82) is 0 Å². The number of hydrogen-bond acceptors (Lipinski definition) is 9. The predicted molar refractivity (Wildman–Crippen MR) is 244 cm³/mol. The topological polar surface area (TPSA) is 67.3 Å². The number of para-hydroxylation sites is 4. The average molecular weight is 896 g/mol. The Labute approximate surface area is 366 Å². The van der Waals surface area contributed by atoms with E-state index < -0.39 is 11.7 Å². The zero-order chi connectivity index (χ0) is 41.8. The van der Waals surface area contributed by atoms with E-state index in [1.54, 1.807) is 42.2 Å². The van der Waals surface area contributed by atoms with E-state index in [2.05, 4.69) is 58.4 Å². The van der Waals surface area contributed by atoms with Gasteiger partial charge in [0, 0.05) is 47.5 Å². The van der Waals surface area contributed by atoms with Crippen molar-refractivity contribution in [3.05, 3.63) is 172 Å². The van der Waals surface area contributed by atoms with Crippen LogP contribution in [0.1, 0.15) is 5.56 Å². The fourth-order valence-electron chi connectivity index (χ4n) is 6.25. The maximum Gasteiger partial charge on any atom is 0.416 e. The highest BCUT2D eigenvalue weighted by Crippen LogP contribution is 2.47. The molecule has 302 valence electrons. The van der Waals surface area contributed by atoms with Gasteiger partial charge in [-0.2, -0.15) is 13.2 Å². The van der Waals surface area contributed by atoms with Crippen LogP contribution in [-0.4, -0.2) is 11.7 Å². The number of benzene rings is 7. The number of nitrogens with one attached hydrogen (secondary N) is 3. The molecule has 8 aromatic rings. The van der Waals surface area contributed by atoms with Crippen molar-refractivity contribution < 1.29 is 17.9 Å². The van der Waals surface area contributed by atoms with Crippen LogP contribution in [0.5, 0.6) is 5.75 Å². The van der Waals surface area contributed by atoms with Crippen LogP contribution in [0.2, 0.25) is 5.02 Å². The summed E-state index contributed by atoms with van der Waals surface area (Å²) in [5.74, 6) is 0.881. The summed E-state index contributed by atoms with van der Waals surface area (Å²) < 4.78 is 45.8. The Kier molecular flexibility index (Phi) is 12.4. The molecule has 3 aliphatic rings. The van der Waals surface area contributed by atoms with Gasteiger partial charge in [-0.25, -0.2) is 0 Å². The predicted octanol–water partition coefficient (Wildman–Crippen LogP) is 15.0. The van der Waals surface area contributed by atoms with Gasteiger partial charge in [0.1, 0.15) is 5.75 Å². The highest BCUT2D eigenvalue weighted by atomic mass is 35.5. The van der Waals surface area contributed by atoms with E-state index in [-0.39, 0.29) is 4.87 Å². The van der Waals surface area contributed by atoms with Gasteiger partial charge in [-0.15, -0.1) is 0 Å². The quantitative estimate of drug-likeness (QED) is 0.151. The van der Waals surface area contributed by atoms with Gasteiger partial charge >= 0.3 is 11.0 Å². The number of aryl methyl sites for hydroxylation is 1. The van der Waals surface area contributed by atoms with Crippen LogP contribution in [-0.2, 0) is 13.2 Å². The van der Waals surface area contributed by atoms with E-state index in [0.717, 1.165) is 71.3 Å². The van der Waals surface area contributed by atoms with Crippen molar-refractivity contribution in [2.45, 2.75) is 35.5 Å². The van der Waals surface area contributed by atoms with Gasteiger partial charge in [0.15, 0.2) is 0 Å². The molecule has 3 N–H and O–H groups in total. The number of methoxy groups -OCH3 is 1. The lowest BCUT2D eigenvalue weighted by molar-refractivity contribution is -0.137. The maximum atomic E-state index is 12.6. The number of nitrogens with zero attached hydrogens (tertiary/aromatic N) is 1. The molecule has 0 unspecified atom stereocenters. The largest absolute Gasteiger partial charge is 0.497 e. The average Bonchev–Trinajstić information content (AvgIpc) is 3.56. The van der Waals surface area contributed by atoms with Crippen molar-refractivity contribution in [1.82, 2.24) is 4.57 Å². The van der Waals surface area contributed by atoms with Crippen molar-refractivity contribution in [2.24, 2.45) is 7.05 Å². The molecular weight excluding hydrogens is 861 g/mol. The molecule has 0 spiro atoms. The Hall–Kier alpha value is -5.44. The van der Waals surface area contributed by atoms with Gasteiger partial charge < -0.3 is 25.3 Å². The van der Waals surface area contributed by atoms with Gasteiger partial charge in [-0.3, -0.25) is 4.79 Å². The number of aromatic nitrogens is 1. The number of alkyl halides is 3. The Balaban J connectivity index is 0.000000112. The molecule has 0 saturated heterocycles. The summed E-state index contributed by atoms with van der Waals surface area (Å²) in [4.78, 5) is 18.0. The lowest BCUT2D eigenvalue weighted by Crippen LogP contribution is -2.07. The number of halogens is 4. The van der Waals surface area contributed by atoms with E-state index in [0.29, 0.717) is 5.69 Å². The minimum Gasteiger partial charge on any atom is -0.497 e. The van der Waals surface area contributed by atoms with Crippen LogP contribution in [0.3, 0.4) is 0 Å². The first-order valence-corrected chi connectivity index (χ1v) is 22.0. The molecule has 0 fully saturated rings. The Morgan fingerprint density at radius 1 is 0.550 bits per heavy atom. The van der Waals surface area contributed by atoms with Gasteiger partial charge in [-0.1, -0.05) is 107 Å². The zero-order valence-electron chi connectivity index (χ0n) is 31.8. The molecule has 3 aliphatic heterocycles. The second-order valence-electron chi connectivity index (χ2n) is 13.3. The van der Waals surface area contributed by atoms with Gasteiger partial charge in [0.2, 0.25) is 0 Å². The molecule has 0 amide bonds. The zero-order valence-corrected chi connectivity index (χ0v) is 35.9. The summed E-state index contributed by atoms with van der Waals surface area (Å²) in [5.41, 5.74) is 6.25. The van der Waals surface area contributed by atoms with Crippen LogP contribution in [0.25, 0.3) is 10.2 Å². The van der Waals surface area contributed by atoms with Gasteiger partial charge in [0.05, 0.1) is 57.0 Å². The molecule has 4 heterocycles. The molecule has 1 aromatic heterocycles. The summed E-state index contributed by atoms with van der Waals surface area (Å²) >= 11 is 12.3. The molecule has 14 heteroatoms. The van der Waals surface area contributed by atoms with Crippen molar-refractivity contribution >= 4 is 103 Å². The summed E-state index contributed by atoms with van der Waals surface area (Å²) in [6, 6.07) is 47.7. The SMILES string of the molecule is COc1ccc2c(c1)Nc1ccccc1S2.Clc1ccc2c(c1)Nc1ccccc1S2.Cn1c(=O)sc2ccccc21.FC(F)(F)c1ccc2c(c1)Nc1ccccc1S2. The third-order valence-electron chi connectivity index (χ3n) is 9.26. The fourth-order valence-corrected chi connectivity index (χ4v) is 10.2. The molecule has 6 nitrogen and oxygen atoms in total. The van der Waals surface area contributed by atoms with Crippen LogP contribution < -0.4 is 25.6 Å². The molecule has 0 saturated carbocycles. The fraction of sp³-hybridized carbons (Fsp3) is 0.0652. The second-order valence-corrected chi connectivity index (χ2v) is 18.0. The lowest BCUT2D eigenvalue weighted by atomic mass is 10.2. The van der Waals surface area contributed by atoms with Crippen LogP contribution >= 0.6 is 58.2 Å². The third-order valence-corrected chi connectivity index (χ3v) is 14.0. The van der Waals surface area contributed by atoms with E-state index in [4.69, 9.17) is 16.3 Å².